The number of ether oxygens (including phenoxy) is 3. The standard InChI is InChI=1S/C33H58O10/c1-16(2)23(43-30-27(39)28(41-6)22(37)15-42-30)8-7-17(3)18-13-20(35)29-31(18,4)12-10-24-32(5)11-9-19(34)26(38)25(32)21(36)14-33(24,29)40/h16-30,34-40H,7-15H2,1-6H3/t17-,18-,19?,20?,21?,22-,23?,24-,25?,26?,27-,28+,29-,30+,31-,32-,33+/m1/s1. The van der Waals surface area contributed by atoms with Crippen LogP contribution in [0.4, 0.5) is 0 Å². The molecule has 1 heterocycles. The third kappa shape index (κ3) is 5.53. The monoisotopic (exact) mass is 614 g/mol. The zero-order valence-electron chi connectivity index (χ0n) is 26.9. The summed E-state index contributed by atoms with van der Waals surface area (Å²) in [6.07, 6.45) is -2.52. The summed E-state index contributed by atoms with van der Waals surface area (Å²) in [4.78, 5) is 0. The number of hydrogen-bond acceptors (Lipinski definition) is 10. The van der Waals surface area contributed by atoms with E-state index in [0.29, 0.717) is 19.3 Å². The van der Waals surface area contributed by atoms with Gasteiger partial charge in [0.25, 0.3) is 0 Å². The lowest BCUT2D eigenvalue weighted by Crippen LogP contribution is -2.70. The van der Waals surface area contributed by atoms with Gasteiger partial charge in [0.15, 0.2) is 6.29 Å². The van der Waals surface area contributed by atoms with Crippen LogP contribution in [0.1, 0.15) is 86.0 Å². The van der Waals surface area contributed by atoms with Crippen molar-refractivity contribution in [3.05, 3.63) is 0 Å². The molecular formula is C33H58O10. The van der Waals surface area contributed by atoms with Gasteiger partial charge in [-0.1, -0.05) is 34.6 Å². The summed E-state index contributed by atoms with van der Waals surface area (Å²) in [7, 11) is 1.45. The van der Waals surface area contributed by atoms with Gasteiger partial charge in [0.1, 0.15) is 18.3 Å². The van der Waals surface area contributed by atoms with Crippen molar-refractivity contribution < 1.29 is 50.0 Å². The molecular weight excluding hydrogens is 556 g/mol. The predicted octanol–water partition coefficient (Wildman–Crippen LogP) is 1.58. The maximum absolute atomic E-state index is 12.5. The fraction of sp³-hybridized carbons (Fsp3) is 1.00. The molecule has 10 heteroatoms. The molecule has 0 radical (unpaired) electrons. The van der Waals surface area contributed by atoms with E-state index in [0.717, 1.165) is 25.7 Å². The Bertz CT molecular complexity index is 966. The van der Waals surface area contributed by atoms with Crippen molar-refractivity contribution in [3.8, 4) is 0 Å². The zero-order valence-corrected chi connectivity index (χ0v) is 26.9. The first-order valence-corrected chi connectivity index (χ1v) is 16.7. The molecule has 0 spiro atoms. The minimum absolute atomic E-state index is 0.0269. The molecule has 0 bridgehead atoms. The van der Waals surface area contributed by atoms with Crippen molar-refractivity contribution in [2.24, 2.45) is 46.3 Å². The summed E-state index contributed by atoms with van der Waals surface area (Å²) in [5, 5.41) is 77.6. The molecule has 17 atom stereocenters. The fourth-order valence-corrected chi connectivity index (χ4v) is 11.1. The van der Waals surface area contributed by atoms with Crippen LogP contribution >= 0.6 is 0 Å². The van der Waals surface area contributed by atoms with Gasteiger partial charge >= 0.3 is 0 Å². The molecule has 0 amide bonds. The summed E-state index contributed by atoms with van der Waals surface area (Å²) >= 11 is 0. The third-order valence-corrected chi connectivity index (χ3v) is 13.1. The minimum Gasteiger partial charge on any atom is -0.393 e. The van der Waals surface area contributed by atoms with Crippen molar-refractivity contribution >= 4 is 0 Å². The quantitative estimate of drug-likeness (QED) is 0.213. The SMILES string of the molecule is CO[C@@H]1[C@@H](O)[C@H](OC(CC[C@@H](C)[C@H]2CC(O)[C@@H]3[C@]2(C)CC[C@H]2[C@@]3(O)CC(O)C3C(O)C(O)CC[C@@]32C)C(C)C)OC[C@H]1O. The van der Waals surface area contributed by atoms with Gasteiger partial charge in [-0.25, -0.2) is 0 Å². The molecule has 5 fully saturated rings. The molecule has 250 valence electrons. The summed E-state index contributed by atoms with van der Waals surface area (Å²) in [6, 6.07) is 0. The number of methoxy groups -OCH3 is 1. The molecule has 7 N–H and O–H groups in total. The summed E-state index contributed by atoms with van der Waals surface area (Å²) < 4.78 is 17.2. The lowest BCUT2D eigenvalue weighted by atomic mass is 9.41. The number of fused-ring (bicyclic) bond motifs is 5. The maximum Gasteiger partial charge on any atom is 0.186 e. The Morgan fingerprint density at radius 3 is 2.16 bits per heavy atom. The highest BCUT2D eigenvalue weighted by atomic mass is 16.7. The Hall–Kier alpha value is -0.400. The largest absolute Gasteiger partial charge is 0.393 e. The van der Waals surface area contributed by atoms with Crippen LogP contribution in [0.3, 0.4) is 0 Å². The second kappa shape index (κ2) is 12.3. The minimum atomic E-state index is -1.26. The van der Waals surface area contributed by atoms with Crippen molar-refractivity contribution in [3.63, 3.8) is 0 Å². The molecule has 4 aliphatic carbocycles. The molecule has 0 aromatic heterocycles. The Morgan fingerprint density at radius 1 is 0.837 bits per heavy atom. The average molecular weight is 615 g/mol. The summed E-state index contributed by atoms with van der Waals surface area (Å²) in [5.74, 6) is -0.511. The van der Waals surface area contributed by atoms with E-state index in [4.69, 9.17) is 14.2 Å². The van der Waals surface area contributed by atoms with Gasteiger partial charge in [-0.15, -0.1) is 0 Å². The van der Waals surface area contributed by atoms with Gasteiger partial charge in [-0.05, 0) is 79.4 Å². The van der Waals surface area contributed by atoms with Crippen LogP contribution in [0.25, 0.3) is 0 Å². The van der Waals surface area contributed by atoms with Crippen molar-refractivity contribution in [2.45, 2.75) is 147 Å². The van der Waals surface area contributed by atoms with Crippen LogP contribution in [0.2, 0.25) is 0 Å². The Kier molecular flexibility index (Phi) is 9.73. The molecule has 0 aromatic carbocycles. The Morgan fingerprint density at radius 2 is 1.51 bits per heavy atom. The van der Waals surface area contributed by atoms with E-state index in [1.165, 1.54) is 7.11 Å². The topological polar surface area (TPSA) is 169 Å². The Labute approximate surface area is 256 Å². The first kappa shape index (κ1) is 33.9. The van der Waals surface area contributed by atoms with Gasteiger partial charge in [0, 0.05) is 25.4 Å². The van der Waals surface area contributed by atoms with Gasteiger partial charge in [0.05, 0.1) is 42.7 Å². The van der Waals surface area contributed by atoms with Crippen LogP contribution in [-0.2, 0) is 14.2 Å². The van der Waals surface area contributed by atoms with E-state index in [1.807, 2.05) is 0 Å². The molecule has 6 unspecified atom stereocenters. The molecule has 10 nitrogen and oxygen atoms in total. The van der Waals surface area contributed by atoms with E-state index in [2.05, 4.69) is 34.6 Å². The van der Waals surface area contributed by atoms with Gasteiger partial charge in [-0.2, -0.15) is 0 Å². The zero-order chi connectivity index (χ0) is 31.6. The molecule has 4 saturated carbocycles. The molecule has 43 heavy (non-hydrogen) atoms. The number of aliphatic hydroxyl groups excluding tert-OH is 6. The second-order valence-corrected chi connectivity index (χ2v) is 15.8. The van der Waals surface area contributed by atoms with E-state index < -0.39 is 66.0 Å². The van der Waals surface area contributed by atoms with Crippen LogP contribution in [0.5, 0.6) is 0 Å². The molecule has 5 rings (SSSR count). The second-order valence-electron chi connectivity index (χ2n) is 15.8. The van der Waals surface area contributed by atoms with E-state index in [1.54, 1.807) is 0 Å². The molecule has 0 aromatic rings. The number of rotatable bonds is 8. The van der Waals surface area contributed by atoms with Gasteiger partial charge in [0.2, 0.25) is 0 Å². The smallest absolute Gasteiger partial charge is 0.186 e. The fourth-order valence-electron chi connectivity index (χ4n) is 11.1. The van der Waals surface area contributed by atoms with Gasteiger partial charge < -0.3 is 50.0 Å². The average Bonchev–Trinajstić information content (AvgIpc) is 3.21. The highest BCUT2D eigenvalue weighted by Gasteiger charge is 2.71. The predicted molar refractivity (Wildman–Crippen MR) is 158 cm³/mol. The number of hydrogen-bond donors (Lipinski definition) is 7. The third-order valence-electron chi connectivity index (χ3n) is 13.1. The summed E-state index contributed by atoms with van der Waals surface area (Å²) in [6.45, 7) is 10.7. The number of aliphatic hydroxyl groups is 7. The van der Waals surface area contributed by atoms with Crippen LogP contribution in [-0.4, -0.2) is 110 Å². The lowest BCUT2D eigenvalue weighted by Gasteiger charge is -2.66. The highest BCUT2D eigenvalue weighted by molar-refractivity contribution is 5.21. The molecule has 1 aliphatic heterocycles. The van der Waals surface area contributed by atoms with Gasteiger partial charge in [-0.3, -0.25) is 0 Å². The molecule has 1 saturated heterocycles. The normalized spacial score (nSPS) is 53.2. The first-order valence-electron chi connectivity index (χ1n) is 16.7. The lowest BCUT2D eigenvalue weighted by molar-refractivity contribution is -0.290. The van der Waals surface area contributed by atoms with E-state index in [9.17, 15) is 35.7 Å². The van der Waals surface area contributed by atoms with E-state index >= 15 is 0 Å². The van der Waals surface area contributed by atoms with Crippen molar-refractivity contribution in [2.75, 3.05) is 13.7 Å². The van der Waals surface area contributed by atoms with Crippen LogP contribution < -0.4 is 0 Å². The summed E-state index contributed by atoms with van der Waals surface area (Å²) in [5.41, 5.74) is -2.10. The van der Waals surface area contributed by atoms with Crippen LogP contribution in [0, 0.1) is 46.3 Å². The maximum atomic E-state index is 12.5. The van der Waals surface area contributed by atoms with Crippen molar-refractivity contribution in [1.29, 1.82) is 0 Å². The highest BCUT2D eigenvalue weighted by Crippen LogP contribution is 2.69. The van der Waals surface area contributed by atoms with Crippen LogP contribution in [0.15, 0.2) is 0 Å². The molecule has 5 aliphatic rings. The van der Waals surface area contributed by atoms with Crippen molar-refractivity contribution in [1.82, 2.24) is 0 Å². The Balaban J connectivity index is 1.29. The van der Waals surface area contributed by atoms with E-state index in [-0.39, 0.29) is 54.1 Å². The first-order chi connectivity index (χ1) is 20.1.